The lowest BCUT2D eigenvalue weighted by Crippen LogP contribution is -2.27. The summed E-state index contributed by atoms with van der Waals surface area (Å²) in [5, 5.41) is 8.01. The first-order chi connectivity index (χ1) is 9.69. The number of anilines is 1. The second-order valence-electron chi connectivity index (χ2n) is 5.96. The van der Waals surface area contributed by atoms with E-state index >= 15 is 0 Å². The van der Waals surface area contributed by atoms with Crippen molar-refractivity contribution in [1.29, 1.82) is 0 Å². The molecule has 108 valence electrons. The van der Waals surface area contributed by atoms with Crippen molar-refractivity contribution in [3.63, 3.8) is 0 Å². The Kier molecular flexibility index (Phi) is 3.59. The predicted molar refractivity (Wildman–Crippen MR) is 79.9 cm³/mol. The summed E-state index contributed by atoms with van der Waals surface area (Å²) in [7, 11) is 0. The zero-order valence-corrected chi connectivity index (χ0v) is 12.6. The minimum absolute atomic E-state index is 0.546. The van der Waals surface area contributed by atoms with Crippen molar-refractivity contribution in [3.8, 4) is 0 Å². The van der Waals surface area contributed by atoms with Crippen molar-refractivity contribution in [2.45, 2.75) is 58.9 Å². The van der Waals surface area contributed by atoms with Crippen LogP contribution in [0.5, 0.6) is 0 Å². The molecule has 0 atom stereocenters. The van der Waals surface area contributed by atoms with Crippen molar-refractivity contribution >= 4 is 11.6 Å². The second kappa shape index (κ2) is 5.38. The van der Waals surface area contributed by atoms with Crippen LogP contribution in [0.1, 0.15) is 50.8 Å². The van der Waals surface area contributed by atoms with Gasteiger partial charge in [-0.25, -0.2) is 4.98 Å². The van der Waals surface area contributed by atoms with Gasteiger partial charge in [-0.15, -0.1) is 0 Å². The molecular weight excluding hydrogens is 250 g/mol. The van der Waals surface area contributed by atoms with Crippen LogP contribution in [0.15, 0.2) is 6.33 Å². The maximum atomic E-state index is 4.57. The van der Waals surface area contributed by atoms with Gasteiger partial charge in [0.1, 0.15) is 12.1 Å². The molecule has 3 rings (SSSR count). The Bertz CT molecular complexity index is 596. The number of nitrogens with zero attached hydrogens (tertiary/aromatic N) is 4. The van der Waals surface area contributed by atoms with Gasteiger partial charge in [-0.2, -0.15) is 14.6 Å². The normalized spacial score (nSPS) is 23.1. The van der Waals surface area contributed by atoms with Crippen molar-refractivity contribution in [3.05, 3.63) is 17.6 Å². The highest BCUT2D eigenvalue weighted by Gasteiger charge is 2.21. The Morgan fingerprint density at radius 1 is 1.30 bits per heavy atom. The number of rotatable bonds is 3. The first-order valence-corrected chi connectivity index (χ1v) is 7.64. The first kappa shape index (κ1) is 13.3. The third-order valence-corrected chi connectivity index (χ3v) is 4.46. The van der Waals surface area contributed by atoms with Crippen molar-refractivity contribution in [1.82, 2.24) is 19.6 Å². The molecule has 0 aromatic carbocycles. The second-order valence-corrected chi connectivity index (χ2v) is 5.96. The van der Waals surface area contributed by atoms with E-state index in [4.69, 9.17) is 0 Å². The quantitative estimate of drug-likeness (QED) is 0.934. The van der Waals surface area contributed by atoms with Crippen LogP contribution in [0.3, 0.4) is 0 Å². The van der Waals surface area contributed by atoms with Crippen LogP contribution < -0.4 is 5.32 Å². The largest absolute Gasteiger partial charge is 0.367 e. The van der Waals surface area contributed by atoms with Crippen LogP contribution in [-0.2, 0) is 6.42 Å². The van der Waals surface area contributed by atoms with E-state index in [1.54, 1.807) is 6.33 Å². The average molecular weight is 273 g/mol. The van der Waals surface area contributed by atoms with Gasteiger partial charge in [0.25, 0.3) is 5.78 Å². The van der Waals surface area contributed by atoms with Crippen molar-refractivity contribution < 1.29 is 0 Å². The molecule has 1 fully saturated rings. The molecule has 0 bridgehead atoms. The number of aryl methyl sites for hydroxylation is 1. The molecular formula is C15H23N5. The van der Waals surface area contributed by atoms with Crippen LogP contribution in [0.4, 0.5) is 5.82 Å². The molecule has 2 aromatic rings. The van der Waals surface area contributed by atoms with Gasteiger partial charge in [0, 0.05) is 11.6 Å². The molecule has 1 aliphatic rings. The van der Waals surface area contributed by atoms with Gasteiger partial charge in [0.2, 0.25) is 0 Å². The number of nitrogens with one attached hydrogen (secondary N) is 1. The summed E-state index contributed by atoms with van der Waals surface area (Å²) in [6.07, 6.45) is 7.59. The van der Waals surface area contributed by atoms with Gasteiger partial charge < -0.3 is 5.32 Å². The smallest absolute Gasteiger partial charge is 0.254 e. The molecule has 2 heterocycles. The third-order valence-electron chi connectivity index (χ3n) is 4.46. The lowest BCUT2D eigenvalue weighted by atomic mass is 9.87. The van der Waals surface area contributed by atoms with Gasteiger partial charge in [-0.05, 0) is 44.9 Å². The maximum absolute atomic E-state index is 4.57. The number of hydrogen-bond acceptors (Lipinski definition) is 4. The fraction of sp³-hybridized carbons (Fsp3) is 0.667. The lowest BCUT2D eigenvalue weighted by Gasteiger charge is -2.28. The molecule has 20 heavy (non-hydrogen) atoms. The van der Waals surface area contributed by atoms with Crippen molar-refractivity contribution in [2.75, 3.05) is 5.32 Å². The highest BCUT2D eigenvalue weighted by molar-refractivity contribution is 5.52. The Morgan fingerprint density at radius 2 is 2.05 bits per heavy atom. The molecule has 0 spiro atoms. The van der Waals surface area contributed by atoms with E-state index in [1.807, 2.05) is 4.52 Å². The monoisotopic (exact) mass is 273 g/mol. The first-order valence-electron chi connectivity index (χ1n) is 7.64. The average Bonchev–Trinajstić information content (AvgIpc) is 2.92. The molecule has 1 saturated carbocycles. The molecule has 0 aliphatic heterocycles. The SMILES string of the molecule is CCc1nc2ncnn2c(NC2CCC(C)CC2)c1C. The third kappa shape index (κ3) is 2.37. The summed E-state index contributed by atoms with van der Waals surface area (Å²) < 4.78 is 1.84. The summed E-state index contributed by atoms with van der Waals surface area (Å²) in [6, 6.07) is 0.546. The van der Waals surface area contributed by atoms with Gasteiger partial charge in [0.05, 0.1) is 5.69 Å². The van der Waals surface area contributed by atoms with Crippen LogP contribution in [0.2, 0.25) is 0 Å². The molecule has 0 unspecified atom stereocenters. The van der Waals surface area contributed by atoms with Crippen LogP contribution in [0, 0.1) is 12.8 Å². The number of hydrogen-bond donors (Lipinski definition) is 1. The lowest BCUT2D eigenvalue weighted by molar-refractivity contribution is 0.360. The van der Waals surface area contributed by atoms with E-state index in [0.717, 1.165) is 23.9 Å². The predicted octanol–water partition coefficient (Wildman–Crippen LogP) is 2.99. The zero-order chi connectivity index (χ0) is 14.1. The van der Waals surface area contributed by atoms with Gasteiger partial charge in [-0.3, -0.25) is 0 Å². The Hall–Kier alpha value is -1.65. The topological polar surface area (TPSA) is 55.1 Å². The van der Waals surface area contributed by atoms with Crippen LogP contribution >= 0.6 is 0 Å². The number of fused-ring (bicyclic) bond motifs is 1. The van der Waals surface area contributed by atoms with Crippen LogP contribution in [0.25, 0.3) is 5.78 Å². The molecule has 1 aliphatic carbocycles. The summed E-state index contributed by atoms with van der Waals surface area (Å²) in [5.41, 5.74) is 2.31. The number of aromatic nitrogens is 4. The molecule has 0 radical (unpaired) electrons. The van der Waals surface area contributed by atoms with Gasteiger partial charge in [0.15, 0.2) is 0 Å². The zero-order valence-electron chi connectivity index (χ0n) is 12.6. The van der Waals surface area contributed by atoms with E-state index in [2.05, 4.69) is 41.2 Å². The Labute approximate surface area is 119 Å². The van der Waals surface area contributed by atoms with Crippen molar-refractivity contribution in [2.24, 2.45) is 5.92 Å². The minimum atomic E-state index is 0.546. The fourth-order valence-electron chi connectivity index (χ4n) is 3.08. The Morgan fingerprint density at radius 3 is 2.75 bits per heavy atom. The summed E-state index contributed by atoms with van der Waals surface area (Å²) >= 11 is 0. The summed E-state index contributed by atoms with van der Waals surface area (Å²) in [5.74, 6) is 2.63. The summed E-state index contributed by atoms with van der Waals surface area (Å²) in [6.45, 7) is 6.60. The Balaban J connectivity index is 1.93. The van der Waals surface area contributed by atoms with E-state index in [1.165, 1.54) is 31.2 Å². The van der Waals surface area contributed by atoms with E-state index in [9.17, 15) is 0 Å². The molecule has 2 aromatic heterocycles. The highest BCUT2D eigenvalue weighted by atomic mass is 15.4. The molecule has 5 heteroatoms. The minimum Gasteiger partial charge on any atom is -0.367 e. The van der Waals surface area contributed by atoms with Crippen LogP contribution in [-0.4, -0.2) is 25.6 Å². The van der Waals surface area contributed by atoms with E-state index in [0.29, 0.717) is 11.8 Å². The molecule has 5 nitrogen and oxygen atoms in total. The van der Waals surface area contributed by atoms with Gasteiger partial charge >= 0.3 is 0 Å². The molecule has 1 N–H and O–H groups in total. The summed E-state index contributed by atoms with van der Waals surface area (Å²) in [4.78, 5) is 8.80. The standard InChI is InChI=1S/C15H23N5/c1-4-13-11(3)14(20-15(19-13)16-9-17-20)18-12-7-5-10(2)6-8-12/h9-10,12,18H,4-8H2,1-3H3. The van der Waals surface area contributed by atoms with E-state index in [-0.39, 0.29) is 0 Å². The molecule has 0 amide bonds. The highest BCUT2D eigenvalue weighted by Crippen LogP contribution is 2.27. The maximum Gasteiger partial charge on any atom is 0.254 e. The van der Waals surface area contributed by atoms with Gasteiger partial charge in [-0.1, -0.05) is 13.8 Å². The molecule has 0 saturated heterocycles. The van der Waals surface area contributed by atoms with E-state index < -0.39 is 0 Å². The fourth-order valence-corrected chi connectivity index (χ4v) is 3.08.